The van der Waals surface area contributed by atoms with Crippen LogP contribution in [0.2, 0.25) is 0 Å². The van der Waals surface area contributed by atoms with Crippen molar-refractivity contribution in [3.8, 4) is 0 Å². The van der Waals surface area contributed by atoms with Gasteiger partial charge in [-0.1, -0.05) is 12.2 Å². The van der Waals surface area contributed by atoms with E-state index < -0.39 is 5.41 Å². The van der Waals surface area contributed by atoms with E-state index in [0.717, 1.165) is 0 Å². The monoisotopic (exact) mass is 179 g/mol. The van der Waals surface area contributed by atoms with E-state index >= 15 is 0 Å². The zero-order valence-electron chi connectivity index (χ0n) is 7.51. The predicted octanol–water partition coefficient (Wildman–Crippen LogP) is 0.824. The molecule has 1 N–H and O–H groups in total. The number of rotatable bonds is 4. The molecule has 1 fully saturated rings. The van der Waals surface area contributed by atoms with Crippen LogP contribution in [0.4, 0.5) is 0 Å². The van der Waals surface area contributed by atoms with Crippen LogP contribution in [0.25, 0.3) is 0 Å². The Bertz CT molecular complexity index is 240. The molecule has 0 radical (unpaired) electrons. The molecule has 0 saturated carbocycles. The lowest BCUT2D eigenvalue weighted by molar-refractivity contribution is -0.134. The van der Waals surface area contributed by atoms with Crippen molar-refractivity contribution in [2.75, 3.05) is 6.54 Å². The van der Waals surface area contributed by atoms with Gasteiger partial charge >= 0.3 is 0 Å². The van der Waals surface area contributed by atoms with Crippen molar-refractivity contribution in [2.24, 2.45) is 5.41 Å². The average Bonchev–Trinajstić information content (AvgIpc) is 2.35. The fraction of sp³-hybridized carbons (Fsp3) is 0.400. The van der Waals surface area contributed by atoms with Gasteiger partial charge in [0.05, 0.1) is 6.54 Å². The highest BCUT2D eigenvalue weighted by atomic mass is 16.2. The van der Waals surface area contributed by atoms with Crippen molar-refractivity contribution in [1.82, 2.24) is 5.32 Å². The van der Waals surface area contributed by atoms with Crippen LogP contribution in [-0.4, -0.2) is 18.2 Å². The van der Waals surface area contributed by atoms with Gasteiger partial charge in [0.15, 0.2) is 5.78 Å². The number of Topliss-reactive ketones (excluding diaryl/α,β-unsaturated/α-hetero) is 1. The molecule has 1 saturated heterocycles. The summed E-state index contributed by atoms with van der Waals surface area (Å²) in [6.45, 7) is 7.25. The molecule has 0 aromatic heterocycles. The van der Waals surface area contributed by atoms with E-state index in [2.05, 4.69) is 18.5 Å². The fourth-order valence-electron chi connectivity index (χ4n) is 1.61. The van der Waals surface area contributed by atoms with Gasteiger partial charge < -0.3 is 5.32 Å². The van der Waals surface area contributed by atoms with Gasteiger partial charge in [0.2, 0.25) is 5.91 Å². The Morgan fingerprint density at radius 2 is 1.85 bits per heavy atom. The van der Waals surface area contributed by atoms with E-state index in [9.17, 15) is 9.59 Å². The topological polar surface area (TPSA) is 46.2 Å². The third kappa shape index (κ3) is 1.41. The molecule has 3 nitrogen and oxygen atoms in total. The van der Waals surface area contributed by atoms with Crippen LogP contribution in [-0.2, 0) is 9.59 Å². The lowest BCUT2D eigenvalue weighted by Gasteiger charge is -2.20. The number of hydrogen-bond acceptors (Lipinski definition) is 2. The van der Waals surface area contributed by atoms with Gasteiger partial charge in [0.1, 0.15) is 5.41 Å². The zero-order valence-corrected chi connectivity index (χ0v) is 7.51. The standard InChI is InChI=1S/C10H13NO2/c1-3-5-10(6-4-2)8(12)7-11-9(10)13/h3-4H,1-2,5-7H2,(H,11,13). The van der Waals surface area contributed by atoms with Gasteiger partial charge in [0, 0.05) is 0 Å². The Balaban J connectivity index is 2.98. The first-order chi connectivity index (χ1) is 6.17. The number of allylic oxidation sites excluding steroid dienone is 2. The highest BCUT2D eigenvalue weighted by Crippen LogP contribution is 2.32. The van der Waals surface area contributed by atoms with E-state index in [1.807, 2.05) is 0 Å². The van der Waals surface area contributed by atoms with E-state index in [1.165, 1.54) is 0 Å². The number of nitrogens with one attached hydrogen (secondary N) is 1. The number of carbonyl (C=O) groups is 2. The molecule has 0 aromatic carbocycles. The molecular formula is C10H13NO2. The summed E-state index contributed by atoms with van der Waals surface area (Å²) in [5.41, 5.74) is -0.913. The number of amides is 1. The third-order valence-corrected chi connectivity index (χ3v) is 2.36. The summed E-state index contributed by atoms with van der Waals surface area (Å²) in [5.74, 6) is -0.255. The van der Waals surface area contributed by atoms with Crippen LogP contribution in [0.1, 0.15) is 12.8 Å². The van der Waals surface area contributed by atoms with Crippen molar-refractivity contribution < 1.29 is 9.59 Å². The fourth-order valence-corrected chi connectivity index (χ4v) is 1.61. The van der Waals surface area contributed by atoms with Gasteiger partial charge in [0.25, 0.3) is 0 Å². The third-order valence-electron chi connectivity index (χ3n) is 2.36. The largest absolute Gasteiger partial charge is 0.348 e. The summed E-state index contributed by atoms with van der Waals surface area (Å²) in [5, 5.41) is 2.55. The maximum absolute atomic E-state index is 11.5. The highest BCUT2D eigenvalue weighted by molar-refractivity contribution is 6.12. The maximum atomic E-state index is 11.5. The van der Waals surface area contributed by atoms with Gasteiger partial charge in [-0.25, -0.2) is 0 Å². The molecule has 1 rings (SSSR count). The molecule has 13 heavy (non-hydrogen) atoms. The molecule has 3 heteroatoms. The van der Waals surface area contributed by atoms with E-state index in [0.29, 0.717) is 12.8 Å². The van der Waals surface area contributed by atoms with Crippen LogP contribution >= 0.6 is 0 Å². The number of carbonyl (C=O) groups excluding carboxylic acids is 2. The van der Waals surface area contributed by atoms with Crippen molar-refractivity contribution in [3.63, 3.8) is 0 Å². The second kappa shape index (κ2) is 3.56. The number of ketones is 1. The molecular weight excluding hydrogens is 166 g/mol. The molecule has 0 bridgehead atoms. The second-order valence-corrected chi connectivity index (χ2v) is 3.17. The molecule has 1 heterocycles. The van der Waals surface area contributed by atoms with Crippen molar-refractivity contribution in [2.45, 2.75) is 12.8 Å². The Kier molecular flexibility index (Phi) is 2.66. The molecule has 0 aromatic rings. The zero-order chi connectivity index (χ0) is 9.90. The van der Waals surface area contributed by atoms with Crippen LogP contribution in [0.3, 0.4) is 0 Å². The van der Waals surface area contributed by atoms with E-state index in [1.54, 1.807) is 12.2 Å². The SMILES string of the molecule is C=CCC1(CC=C)C(=O)CNC1=O. The first-order valence-corrected chi connectivity index (χ1v) is 4.21. The van der Waals surface area contributed by atoms with Crippen molar-refractivity contribution in [3.05, 3.63) is 25.3 Å². The van der Waals surface area contributed by atoms with Gasteiger partial charge in [-0.05, 0) is 12.8 Å². The van der Waals surface area contributed by atoms with Crippen LogP contribution in [0.15, 0.2) is 25.3 Å². The minimum Gasteiger partial charge on any atom is -0.348 e. The van der Waals surface area contributed by atoms with E-state index in [4.69, 9.17) is 0 Å². The van der Waals surface area contributed by atoms with Gasteiger partial charge in [-0.3, -0.25) is 9.59 Å². The normalized spacial score (nSPS) is 19.7. The van der Waals surface area contributed by atoms with Crippen LogP contribution < -0.4 is 5.32 Å². The lowest BCUT2D eigenvalue weighted by Crippen LogP contribution is -2.34. The first-order valence-electron chi connectivity index (χ1n) is 4.21. The predicted molar refractivity (Wildman–Crippen MR) is 50.1 cm³/mol. The van der Waals surface area contributed by atoms with Crippen LogP contribution in [0.5, 0.6) is 0 Å². The van der Waals surface area contributed by atoms with E-state index in [-0.39, 0.29) is 18.2 Å². The molecule has 1 aliphatic heterocycles. The summed E-state index contributed by atoms with van der Waals surface area (Å²) in [7, 11) is 0. The quantitative estimate of drug-likeness (QED) is 0.513. The second-order valence-electron chi connectivity index (χ2n) is 3.17. The lowest BCUT2D eigenvalue weighted by atomic mass is 9.79. The average molecular weight is 179 g/mol. The Morgan fingerprint density at radius 1 is 1.31 bits per heavy atom. The highest BCUT2D eigenvalue weighted by Gasteiger charge is 2.47. The van der Waals surface area contributed by atoms with Crippen LogP contribution in [0, 0.1) is 5.41 Å². The minimum absolute atomic E-state index is 0.0581. The summed E-state index contributed by atoms with van der Waals surface area (Å²) in [6, 6.07) is 0. The Morgan fingerprint density at radius 3 is 2.15 bits per heavy atom. The first kappa shape index (κ1) is 9.71. The Hall–Kier alpha value is -1.38. The molecule has 0 unspecified atom stereocenters. The van der Waals surface area contributed by atoms with Crippen molar-refractivity contribution in [1.29, 1.82) is 0 Å². The van der Waals surface area contributed by atoms with Crippen molar-refractivity contribution >= 4 is 11.7 Å². The van der Waals surface area contributed by atoms with Gasteiger partial charge in [-0.15, -0.1) is 13.2 Å². The Labute approximate surface area is 77.5 Å². The summed E-state index contributed by atoms with van der Waals surface area (Å²) >= 11 is 0. The summed E-state index contributed by atoms with van der Waals surface area (Å²) in [6.07, 6.45) is 3.99. The molecule has 1 aliphatic rings. The molecule has 0 spiro atoms. The number of hydrogen-bond donors (Lipinski definition) is 1. The summed E-state index contributed by atoms with van der Waals surface area (Å²) in [4.78, 5) is 23.0. The molecule has 1 amide bonds. The maximum Gasteiger partial charge on any atom is 0.234 e. The van der Waals surface area contributed by atoms with Gasteiger partial charge in [-0.2, -0.15) is 0 Å². The summed E-state index contributed by atoms with van der Waals surface area (Å²) < 4.78 is 0. The molecule has 0 aliphatic carbocycles. The molecule has 0 atom stereocenters. The minimum atomic E-state index is -0.913. The molecule has 70 valence electrons. The smallest absolute Gasteiger partial charge is 0.234 e.